The number of hydrogen-bond acceptors (Lipinski definition) is 4. The van der Waals surface area contributed by atoms with E-state index in [1.807, 2.05) is 0 Å². The van der Waals surface area contributed by atoms with Crippen LogP contribution in [0.2, 0.25) is 0 Å². The predicted octanol–water partition coefficient (Wildman–Crippen LogP) is 2.02. The molecule has 2 aromatic rings. The van der Waals surface area contributed by atoms with Crippen LogP contribution in [-0.4, -0.2) is 25.6 Å². The third kappa shape index (κ3) is 3.40. The van der Waals surface area contributed by atoms with Crippen molar-refractivity contribution in [2.45, 2.75) is 5.03 Å². The van der Waals surface area contributed by atoms with Gasteiger partial charge in [0.25, 0.3) is 5.91 Å². The molecule has 110 valence electrons. The molecule has 8 heteroatoms. The number of hydrogen-bond donors (Lipinski definition) is 1. The van der Waals surface area contributed by atoms with Crippen LogP contribution in [0.3, 0.4) is 0 Å². The summed E-state index contributed by atoms with van der Waals surface area (Å²) in [5.41, 5.74) is -0.293. The average molecular weight is 312 g/mol. The molecular formula is C13H10F2N2O3S. The minimum Gasteiger partial charge on any atom is -0.320 e. The zero-order chi connectivity index (χ0) is 15.6. The quantitative estimate of drug-likeness (QED) is 0.940. The SMILES string of the molecule is CS(=O)(=O)c1ccc(NC(=O)c2cccc(F)c2F)cn1. The van der Waals surface area contributed by atoms with E-state index in [4.69, 9.17) is 0 Å². The lowest BCUT2D eigenvalue weighted by molar-refractivity contribution is 0.102. The second-order valence-corrected chi connectivity index (χ2v) is 6.18. The monoisotopic (exact) mass is 312 g/mol. The Morgan fingerprint density at radius 2 is 1.90 bits per heavy atom. The molecule has 1 N–H and O–H groups in total. The number of pyridine rings is 1. The van der Waals surface area contributed by atoms with Crippen molar-refractivity contribution in [2.24, 2.45) is 0 Å². The summed E-state index contributed by atoms with van der Waals surface area (Å²) in [5.74, 6) is -3.25. The Balaban J connectivity index is 2.22. The number of benzene rings is 1. The average Bonchev–Trinajstić information content (AvgIpc) is 2.41. The smallest absolute Gasteiger partial charge is 0.258 e. The van der Waals surface area contributed by atoms with E-state index in [1.165, 1.54) is 18.2 Å². The lowest BCUT2D eigenvalue weighted by Gasteiger charge is -2.06. The van der Waals surface area contributed by atoms with Crippen molar-refractivity contribution < 1.29 is 22.0 Å². The second kappa shape index (κ2) is 5.57. The second-order valence-electron chi connectivity index (χ2n) is 4.21. The highest BCUT2D eigenvalue weighted by Crippen LogP contribution is 2.15. The van der Waals surface area contributed by atoms with Gasteiger partial charge in [-0.05, 0) is 24.3 Å². The van der Waals surface area contributed by atoms with E-state index in [1.54, 1.807) is 0 Å². The first-order valence-corrected chi connectivity index (χ1v) is 7.59. The van der Waals surface area contributed by atoms with Crippen molar-refractivity contribution >= 4 is 21.4 Å². The minimum atomic E-state index is -3.45. The van der Waals surface area contributed by atoms with Crippen molar-refractivity contribution in [1.82, 2.24) is 4.98 Å². The number of nitrogens with zero attached hydrogens (tertiary/aromatic N) is 1. The Morgan fingerprint density at radius 1 is 1.19 bits per heavy atom. The summed E-state index contributed by atoms with van der Waals surface area (Å²) in [7, 11) is -3.45. The maximum Gasteiger partial charge on any atom is 0.258 e. The number of aromatic nitrogens is 1. The summed E-state index contributed by atoms with van der Waals surface area (Å²) in [5, 5.41) is 2.15. The fourth-order valence-corrected chi connectivity index (χ4v) is 2.11. The maximum absolute atomic E-state index is 13.4. The van der Waals surface area contributed by atoms with Crippen LogP contribution in [0, 0.1) is 11.6 Å². The molecule has 0 fully saturated rings. The molecule has 0 atom stereocenters. The lowest BCUT2D eigenvalue weighted by atomic mass is 10.2. The molecule has 0 unspecified atom stereocenters. The first-order valence-electron chi connectivity index (χ1n) is 5.70. The van der Waals surface area contributed by atoms with E-state index in [0.29, 0.717) is 0 Å². The van der Waals surface area contributed by atoms with Gasteiger partial charge in [0, 0.05) is 6.26 Å². The normalized spacial score (nSPS) is 11.2. The van der Waals surface area contributed by atoms with Gasteiger partial charge < -0.3 is 5.32 Å². The van der Waals surface area contributed by atoms with E-state index >= 15 is 0 Å². The molecule has 0 bridgehead atoms. The number of carbonyl (C=O) groups excluding carboxylic acids is 1. The number of carbonyl (C=O) groups is 1. The predicted molar refractivity (Wildman–Crippen MR) is 71.7 cm³/mol. The van der Waals surface area contributed by atoms with Gasteiger partial charge >= 0.3 is 0 Å². The number of sulfone groups is 1. The largest absolute Gasteiger partial charge is 0.320 e. The summed E-state index contributed by atoms with van der Waals surface area (Å²) in [6.45, 7) is 0. The van der Waals surface area contributed by atoms with Crippen LogP contribution >= 0.6 is 0 Å². The fourth-order valence-electron chi connectivity index (χ4n) is 1.55. The van der Waals surface area contributed by atoms with Gasteiger partial charge in [0.15, 0.2) is 26.5 Å². The van der Waals surface area contributed by atoms with Gasteiger partial charge in [-0.1, -0.05) is 6.07 Å². The van der Waals surface area contributed by atoms with Crippen molar-refractivity contribution in [2.75, 3.05) is 11.6 Å². The third-order valence-electron chi connectivity index (χ3n) is 2.57. The van der Waals surface area contributed by atoms with Gasteiger partial charge in [0.1, 0.15) is 0 Å². The topological polar surface area (TPSA) is 76.1 Å². The molecule has 21 heavy (non-hydrogen) atoms. The molecule has 0 radical (unpaired) electrons. The first-order chi connectivity index (χ1) is 9.79. The van der Waals surface area contributed by atoms with Gasteiger partial charge in [-0.15, -0.1) is 0 Å². The molecule has 1 aromatic heterocycles. The van der Waals surface area contributed by atoms with E-state index in [0.717, 1.165) is 24.6 Å². The van der Waals surface area contributed by atoms with Crippen LogP contribution in [-0.2, 0) is 9.84 Å². The maximum atomic E-state index is 13.4. The van der Waals surface area contributed by atoms with Crippen LogP contribution in [0.15, 0.2) is 41.6 Å². The summed E-state index contributed by atoms with van der Waals surface area (Å²) >= 11 is 0. The third-order valence-corrected chi connectivity index (χ3v) is 3.57. The van der Waals surface area contributed by atoms with Crippen LogP contribution in [0.4, 0.5) is 14.5 Å². The van der Waals surface area contributed by atoms with Crippen LogP contribution in [0.25, 0.3) is 0 Å². The molecule has 1 heterocycles. The van der Waals surface area contributed by atoms with E-state index in [2.05, 4.69) is 10.3 Å². The molecular weight excluding hydrogens is 302 g/mol. The Kier molecular flexibility index (Phi) is 3.99. The van der Waals surface area contributed by atoms with Gasteiger partial charge in [0.05, 0.1) is 17.4 Å². The Bertz CT molecular complexity index is 790. The molecule has 1 amide bonds. The number of anilines is 1. The highest BCUT2D eigenvalue weighted by molar-refractivity contribution is 7.90. The van der Waals surface area contributed by atoms with Gasteiger partial charge in [-0.2, -0.15) is 0 Å². The Morgan fingerprint density at radius 3 is 2.48 bits per heavy atom. The molecule has 0 aliphatic heterocycles. The molecule has 0 aliphatic rings. The van der Waals surface area contributed by atoms with Crippen molar-refractivity contribution in [1.29, 1.82) is 0 Å². The zero-order valence-corrected chi connectivity index (χ0v) is 11.6. The summed E-state index contributed by atoms with van der Waals surface area (Å²) < 4.78 is 48.9. The van der Waals surface area contributed by atoms with Crippen LogP contribution < -0.4 is 5.32 Å². The zero-order valence-electron chi connectivity index (χ0n) is 10.8. The van der Waals surface area contributed by atoms with Crippen molar-refractivity contribution in [3.63, 3.8) is 0 Å². The van der Waals surface area contributed by atoms with Gasteiger partial charge in [-0.25, -0.2) is 22.2 Å². The van der Waals surface area contributed by atoms with Crippen LogP contribution in [0.1, 0.15) is 10.4 Å². The molecule has 5 nitrogen and oxygen atoms in total. The standard InChI is InChI=1S/C13H10F2N2O3S/c1-21(19,20)11-6-5-8(7-16-11)17-13(18)9-3-2-4-10(14)12(9)15/h2-7H,1H3,(H,17,18). The number of rotatable bonds is 3. The summed E-state index contributed by atoms with van der Waals surface area (Å²) in [6.07, 6.45) is 2.11. The summed E-state index contributed by atoms with van der Waals surface area (Å²) in [4.78, 5) is 15.5. The molecule has 0 saturated heterocycles. The molecule has 0 spiro atoms. The first kappa shape index (κ1) is 15.0. The Labute approximate surface area is 119 Å². The van der Waals surface area contributed by atoms with E-state index in [-0.39, 0.29) is 10.7 Å². The van der Waals surface area contributed by atoms with Gasteiger partial charge in [0.2, 0.25) is 0 Å². The van der Waals surface area contributed by atoms with E-state index in [9.17, 15) is 22.0 Å². The van der Waals surface area contributed by atoms with Crippen LogP contribution in [0.5, 0.6) is 0 Å². The lowest BCUT2D eigenvalue weighted by Crippen LogP contribution is -2.15. The highest BCUT2D eigenvalue weighted by Gasteiger charge is 2.15. The molecule has 0 aliphatic carbocycles. The number of halogens is 2. The number of nitrogens with one attached hydrogen (secondary N) is 1. The number of amides is 1. The molecule has 1 aromatic carbocycles. The Hall–Kier alpha value is -2.35. The fraction of sp³-hybridized carbons (Fsp3) is 0.0769. The molecule has 2 rings (SSSR count). The summed E-state index contributed by atoms with van der Waals surface area (Å²) in [6, 6.07) is 5.74. The highest BCUT2D eigenvalue weighted by atomic mass is 32.2. The van der Waals surface area contributed by atoms with Crippen molar-refractivity contribution in [3.05, 3.63) is 53.7 Å². The van der Waals surface area contributed by atoms with Crippen molar-refractivity contribution in [3.8, 4) is 0 Å². The van der Waals surface area contributed by atoms with E-state index < -0.39 is 32.9 Å². The molecule has 0 saturated carbocycles. The minimum absolute atomic E-state index is 0.155. The van der Waals surface area contributed by atoms with Gasteiger partial charge in [-0.3, -0.25) is 4.79 Å².